The Morgan fingerprint density at radius 3 is 2.53 bits per heavy atom. The van der Waals surface area contributed by atoms with Crippen LogP contribution in [0.25, 0.3) is 0 Å². The third-order valence-corrected chi connectivity index (χ3v) is 2.27. The highest BCUT2D eigenvalue weighted by Gasteiger charge is 2.11. The van der Waals surface area contributed by atoms with Gasteiger partial charge in [0, 0.05) is 11.8 Å². The first-order valence-corrected chi connectivity index (χ1v) is 5.23. The van der Waals surface area contributed by atoms with Crippen molar-refractivity contribution >= 4 is 11.4 Å². The molecule has 0 aromatic heterocycles. The molecule has 5 heteroatoms. The second kappa shape index (κ2) is 5.70. The van der Waals surface area contributed by atoms with E-state index in [4.69, 9.17) is 0 Å². The highest BCUT2D eigenvalue weighted by Crippen LogP contribution is 2.29. The number of hydrogen-bond acceptors (Lipinski definition) is 2. The summed E-state index contributed by atoms with van der Waals surface area (Å²) >= 11 is 0. The summed E-state index contributed by atoms with van der Waals surface area (Å²) < 4.78 is 41.7. The molecule has 2 nitrogen and oxygen atoms in total. The standard InChI is InChI=1S/C12H14F3NO/c1-4-8(3)16-11-7(2)5-9(6-10(11)13)17-12(14)15/h5-6,12H,4H2,1-3H3. The Morgan fingerprint density at radius 1 is 1.41 bits per heavy atom. The van der Waals surface area contributed by atoms with Gasteiger partial charge in [-0.2, -0.15) is 8.78 Å². The van der Waals surface area contributed by atoms with Gasteiger partial charge in [0.1, 0.15) is 11.4 Å². The molecule has 0 amide bonds. The SMILES string of the molecule is CCC(C)=Nc1c(C)cc(OC(F)F)cc1F. The van der Waals surface area contributed by atoms with Crippen molar-refractivity contribution in [2.24, 2.45) is 4.99 Å². The normalized spacial score (nSPS) is 12.1. The number of aryl methyl sites for hydroxylation is 1. The lowest BCUT2D eigenvalue weighted by molar-refractivity contribution is -0.0500. The molecule has 0 N–H and O–H groups in total. The van der Waals surface area contributed by atoms with Gasteiger partial charge in [-0.25, -0.2) is 4.39 Å². The zero-order chi connectivity index (χ0) is 13.0. The second-order valence-electron chi connectivity index (χ2n) is 3.65. The number of aliphatic imine (C=N–C) groups is 1. The van der Waals surface area contributed by atoms with Crippen molar-refractivity contribution in [3.63, 3.8) is 0 Å². The van der Waals surface area contributed by atoms with Crippen LogP contribution in [0.15, 0.2) is 17.1 Å². The Labute approximate surface area is 98.1 Å². The molecule has 0 heterocycles. The molecule has 0 bridgehead atoms. The zero-order valence-electron chi connectivity index (χ0n) is 9.93. The zero-order valence-corrected chi connectivity index (χ0v) is 9.93. The molecule has 0 fully saturated rings. The molecule has 1 aromatic carbocycles. The van der Waals surface area contributed by atoms with Crippen molar-refractivity contribution in [2.45, 2.75) is 33.8 Å². The van der Waals surface area contributed by atoms with Gasteiger partial charge in [-0.1, -0.05) is 6.92 Å². The predicted octanol–water partition coefficient (Wildman–Crippen LogP) is 4.24. The van der Waals surface area contributed by atoms with E-state index in [0.717, 1.165) is 11.8 Å². The summed E-state index contributed by atoms with van der Waals surface area (Å²) in [4.78, 5) is 4.10. The van der Waals surface area contributed by atoms with E-state index in [2.05, 4.69) is 9.73 Å². The van der Waals surface area contributed by atoms with Gasteiger partial charge in [0.25, 0.3) is 0 Å². The molecule has 0 saturated heterocycles. The molecule has 0 aliphatic rings. The lowest BCUT2D eigenvalue weighted by Crippen LogP contribution is -2.02. The average molecular weight is 245 g/mol. The van der Waals surface area contributed by atoms with Crippen molar-refractivity contribution in [3.05, 3.63) is 23.5 Å². The lowest BCUT2D eigenvalue weighted by atomic mass is 10.1. The van der Waals surface area contributed by atoms with Crippen molar-refractivity contribution < 1.29 is 17.9 Å². The molecule has 0 unspecified atom stereocenters. The summed E-state index contributed by atoms with van der Waals surface area (Å²) in [6.07, 6.45) is 0.703. The molecule has 0 radical (unpaired) electrons. The molecule has 0 saturated carbocycles. The summed E-state index contributed by atoms with van der Waals surface area (Å²) in [5.74, 6) is -0.850. The topological polar surface area (TPSA) is 21.6 Å². The Morgan fingerprint density at radius 2 is 2.06 bits per heavy atom. The number of nitrogens with zero attached hydrogens (tertiary/aromatic N) is 1. The Hall–Kier alpha value is -1.52. The second-order valence-corrected chi connectivity index (χ2v) is 3.65. The molecule has 0 aliphatic heterocycles. The fourth-order valence-electron chi connectivity index (χ4n) is 1.29. The first kappa shape index (κ1) is 13.5. The maximum absolute atomic E-state index is 13.6. The van der Waals surface area contributed by atoms with Crippen molar-refractivity contribution in [1.29, 1.82) is 0 Å². The van der Waals surface area contributed by atoms with Gasteiger partial charge in [-0.3, -0.25) is 4.99 Å². The largest absolute Gasteiger partial charge is 0.435 e. The molecule has 94 valence electrons. The van der Waals surface area contributed by atoms with Crippen LogP contribution < -0.4 is 4.74 Å². The Balaban J connectivity index is 3.10. The minimum atomic E-state index is -2.96. The quantitative estimate of drug-likeness (QED) is 0.727. The van der Waals surface area contributed by atoms with Crippen LogP contribution in [0.1, 0.15) is 25.8 Å². The molecule has 1 rings (SSSR count). The lowest BCUT2D eigenvalue weighted by Gasteiger charge is -2.08. The van der Waals surface area contributed by atoms with Crippen LogP contribution in [0, 0.1) is 12.7 Å². The van der Waals surface area contributed by atoms with Crippen LogP contribution in [0.5, 0.6) is 5.75 Å². The van der Waals surface area contributed by atoms with Crippen LogP contribution in [-0.4, -0.2) is 12.3 Å². The van der Waals surface area contributed by atoms with E-state index in [9.17, 15) is 13.2 Å². The van der Waals surface area contributed by atoms with E-state index in [1.54, 1.807) is 13.8 Å². The van der Waals surface area contributed by atoms with Crippen LogP contribution in [0.3, 0.4) is 0 Å². The average Bonchev–Trinajstić information content (AvgIpc) is 2.22. The Bertz CT molecular complexity index is 407. The van der Waals surface area contributed by atoms with E-state index in [0.29, 0.717) is 12.0 Å². The van der Waals surface area contributed by atoms with E-state index in [1.165, 1.54) is 6.07 Å². The fourth-order valence-corrected chi connectivity index (χ4v) is 1.29. The molecule has 0 aliphatic carbocycles. The van der Waals surface area contributed by atoms with E-state index in [1.807, 2.05) is 6.92 Å². The smallest absolute Gasteiger partial charge is 0.387 e. The van der Waals surface area contributed by atoms with E-state index < -0.39 is 12.4 Å². The summed E-state index contributed by atoms with van der Waals surface area (Å²) in [6.45, 7) is 2.33. The maximum Gasteiger partial charge on any atom is 0.387 e. The maximum atomic E-state index is 13.6. The van der Waals surface area contributed by atoms with E-state index >= 15 is 0 Å². The van der Waals surface area contributed by atoms with Gasteiger partial charge in [0.15, 0.2) is 5.82 Å². The van der Waals surface area contributed by atoms with Crippen LogP contribution in [0.4, 0.5) is 18.9 Å². The number of hydrogen-bond donors (Lipinski definition) is 0. The molecular weight excluding hydrogens is 231 g/mol. The van der Waals surface area contributed by atoms with Gasteiger partial charge in [-0.15, -0.1) is 0 Å². The van der Waals surface area contributed by atoms with Gasteiger partial charge in [0.05, 0.1) is 0 Å². The van der Waals surface area contributed by atoms with Crippen molar-refractivity contribution in [2.75, 3.05) is 0 Å². The van der Waals surface area contributed by atoms with Crippen molar-refractivity contribution in [3.8, 4) is 5.75 Å². The molecule has 1 aromatic rings. The van der Waals surface area contributed by atoms with Crippen LogP contribution >= 0.6 is 0 Å². The highest BCUT2D eigenvalue weighted by atomic mass is 19.3. The number of rotatable bonds is 4. The minimum Gasteiger partial charge on any atom is -0.435 e. The molecular formula is C12H14F3NO. The summed E-state index contributed by atoms with van der Waals surface area (Å²) in [5.41, 5.74) is 1.41. The molecule has 0 spiro atoms. The molecule has 0 atom stereocenters. The van der Waals surface area contributed by atoms with Gasteiger partial charge >= 0.3 is 6.61 Å². The number of ether oxygens (including phenoxy) is 1. The number of halogens is 3. The molecule has 17 heavy (non-hydrogen) atoms. The Kier molecular flexibility index (Phi) is 4.54. The number of alkyl halides is 2. The summed E-state index contributed by atoms with van der Waals surface area (Å²) in [6, 6.07) is 2.26. The third kappa shape index (κ3) is 3.76. The highest BCUT2D eigenvalue weighted by molar-refractivity contribution is 5.84. The van der Waals surface area contributed by atoms with Crippen LogP contribution in [0.2, 0.25) is 0 Å². The summed E-state index contributed by atoms with van der Waals surface area (Å²) in [7, 11) is 0. The first-order chi connectivity index (χ1) is 7.93. The monoisotopic (exact) mass is 245 g/mol. The van der Waals surface area contributed by atoms with Gasteiger partial charge in [0.2, 0.25) is 0 Å². The van der Waals surface area contributed by atoms with E-state index in [-0.39, 0.29) is 11.4 Å². The van der Waals surface area contributed by atoms with Crippen molar-refractivity contribution in [1.82, 2.24) is 0 Å². The first-order valence-electron chi connectivity index (χ1n) is 5.23. The third-order valence-electron chi connectivity index (χ3n) is 2.27. The fraction of sp³-hybridized carbons (Fsp3) is 0.417. The van der Waals surface area contributed by atoms with Gasteiger partial charge < -0.3 is 4.74 Å². The summed E-state index contributed by atoms with van der Waals surface area (Å²) in [5, 5.41) is 0. The van der Waals surface area contributed by atoms with Crippen LogP contribution in [-0.2, 0) is 0 Å². The minimum absolute atomic E-state index is 0.172. The number of benzene rings is 1. The predicted molar refractivity (Wildman–Crippen MR) is 60.8 cm³/mol. The van der Waals surface area contributed by atoms with Gasteiger partial charge in [-0.05, 0) is 31.9 Å².